The third kappa shape index (κ3) is 3.60. The average molecular weight is 350 g/mol. The van der Waals surface area contributed by atoms with Crippen LogP contribution in [0.5, 0.6) is 0 Å². The molecule has 23 heavy (non-hydrogen) atoms. The maximum atomic E-state index is 13.1. The van der Waals surface area contributed by atoms with Crippen molar-refractivity contribution in [1.82, 2.24) is 4.90 Å². The van der Waals surface area contributed by atoms with E-state index in [1.165, 1.54) is 0 Å². The summed E-state index contributed by atoms with van der Waals surface area (Å²) >= 11 is 5.74. The zero-order valence-electron chi connectivity index (χ0n) is 12.1. The van der Waals surface area contributed by atoms with Crippen LogP contribution in [-0.4, -0.2) is 41.1 Å². The zero-order valence-corrected chi connectivity index (χ0v) is 12.8. The van der Waals surface area contributed by atoms with Crippen LogP contribution in [0.3, 0.4) is 0 Å². The molecular weight excluding hydrogens is 335 g/mol. The highest BCUT2D eigenvalue weighted by Crippen LogP contribution is 2.45. The number of rotatable bonds is 4. The van der Waals surface area contributed by atoms with Gasteiger partial charge >= 0.3 is 12.1 Å². The second-order valence-corrected chi connectivity index (χ2v) is 6.01. The first-order valence-corrected chi connectivity index (χ1v) is 7.36. The second kappa shape index (κ2) is 6.39. The number of carboxylic acids is 1. The highest BCUT2D eigenvalue weighted by atomic mass is 35.5. The summed E-state index contributed by atoms with van der Waals surface area (Å²) in [6.45, 7) is -1.03. The van der Waals surface area contributed by atoms with Gasteiger partial charge in [-0.3, -0.25) is 9.59 Å². The van der Waals surface area contributed by atoms with E-state index < -0.39 is 36.4 Å². The Hall–Kier alpha value is -1.76. The van der Waals surface area contributed by atoms with E-state index in [1.807, 2.05) is 0 Å². The molecule has 1 amide bonds. The van der Waals surface area contributed by atoms with Crippen molar-refractivity contribution in [3.05, 3.63) is 34.9 Å². The lowest BCUT2D eigenvalue weighted by molar-refractivity contribution is -0.227. The summed E-state index contributed by atoms with van der Waals surface area (Å²) in [5.41, 5.74) is -2.02. The number of halogens is 4. The van der Waals surface area contributed by atoms with Crippen LogP contribution in [0.25, 0.3) is 0 Å². The molecule has 8 heteroatoms. The molecule has 0 aromatic heterocycles. The van der Waals surface area contributed by atoms with Crippen molar-refractivity contribution in [1.29, 1.82) is 0 Å². The molecule has 1 atom stereocenters. The summed E-state index contributed by atoms with van der Waals surface area (Å²) in [5, 5.41) is 9.51. The predicted molar refractivity (Wildman–Crippen MR) is 77.1 cm³/mol. The number of aliphatic carboxylic acids is 1. The first-order valence-electron chi connectivity index (χ1n) is 6.98. The summed E-state index contributed by atoms with van der Waals surface area (Å²) in [6.07, 6.45) is -5.11. The Labute approximate surface area is 135 Å². The summed E-state index contributed by atoms with van der Waals surface area (Å²) in [7, 11) is 0. The molecule has 0 bridgehead atoms. The topological polar surface area (TPSA) is 57.6 Å². The van der Waals surface area contributed by atoms with Crippen molar-refractivity contribution >= 4 is 23.5 Å². The second-order valence-electron chi connectivity index (χ2n) is 5.58. The molecule has 1 aliphatic heterocycles. The Morgan fingerprint density at radius 2 is 1.87 bits per heavy atom. The van der Waals surface area contributed by atoms with Gasteiger partial charge in [0.15, 0.2) is 5.41 Å². The van der Waals surface area contributed by atoms with Crippen molar-refractivity contribution in [3.63, 3.8) is 0 Å². The number of carbonyl (C=O) groups excluding carboxylic acids is 1. The normalized spacial score (nSPS) is 21.5. The smallest absolute Gasteiger partial charge is 0.406 e. The number of carboxylic acid groups (broad SMARTS) is 1. The number of hydrogen-bond acceptors (Lipinski definition) is 2. The molecular formula is C15H15ClF3NO3. The Morgan fingerprint density at radius 3 is 2.35 bits per heavy atom. The van der Waals surface area contributed by atoms with Crippen LogP contribution in [0.15, 0.2) is 24.3 Å². The van der Waals surface area contributed by atoms with Gasteiger partial charge in [0.05, 0.1) is 0 Å². The molecule has 1 N–H and O–H groups in total. The van der Waals surface area contributed by atoms with Crippen LogP contribution in [0.2, 0.25) is 5.02 Å². The number of alkyl halides is 3. The number of likely N-dealkylation sites (tertiary alicyclic amines) is 1. The van der Waals surface area contributed by atoms with Gasteiger partial charge in [-0.05, 0) is 30.5 Å². The molecule has 0 saturated carbocycles. The first-order chi connectivity index (χ1) is 10.7. The Kier molecular flexibility index (Phi) is 4.89. The van der Waals surface area contributed by atoms with Gasteiger partial charge in [-0.25, -0.2) is 0 Å². The molecule has 1 aliphatic rings. The molecule has 1 aromatic rings. The number of benzene rings is 1. The van der Waals surface area contributed by atoms with Crippen LogP contribution in [0.1, 0.15) is 18.4 Å². The molecule has 1 fully saturated rings. The molecule has 0 spiro atoms. The third-order valence-electron chi connectivity index (χ3n) is 4.11. The highest BCUT2D eigenvalue weighted by molar-refractivity contribution is 6.30. The van der Waals surface area contributed by atoms with Crippen LogP contribution in [0.4, 0.5) is 13.2 Å². The van der Waals surface area contributed by atoms with E-state index in [4.69, 9.17) is 16.7 Å². The molecule has 2 rings (SSSR count). The Bertz CT molecular complexity index is 603. The lowest BCUT2D eigenvalue weighted by Crippen LogP contribution is -2.47. The fourth-order valence-corrected chi connectivity index (χ4v) is 2.74. The third-order valence-corrected chi connectivity index (χ3v) is 4.37. The minimum Gasteiger partial charge on any atom is -0.481 e. The van der Waals surface area contributed by atoms with Crippen molar-refractivity contribution in [2.75, 3.05) is 13.1 Å². The summed E-state index contributed by atoms with van der Waals surface area (Å²) in [4.78, 5) is 24.1. The van der Waals surface area contributed by atoms with Crippen LogP contribution in [-0.2, 0) is 16.0 Å². The van der Waals surface area contributed by atoms with E-state index in [0.29, 0.717) is 11.4 Å². The molecule has 1 saturated heterocycles. The van der Waals surface area contributed by atoms with E-state index >= 15 is 0 Å². The highest BCUT2D eigenvalue weighted by Gasteiger charge is 2.64. The predicted octanol–water partition coefficient (Wildman–Crippen LogP) is 3.14. The number of amides is 1. The average Bonchev–Trinajstić information content (AvgIpc) is 2.93. The van der Waals surface area contributed by atoms with Gasteiger partial charge < -0.3 is 10.0 Å². The molecule has 126 valence electrons. The molecule has 0 aliphatic carbocycles. The zero-order chi connectivity index (χ0) is 17.3. The van der Waals surface area contributed by atoms with E-state index in [2.05, 4.69) is 0 Å². The summed E-state index contributed by atoms with van der Waals surface area (Å²) in [5.74, 6) is -2.41. The number of aryl methyl sites for hydroxylation is 1. The van der Waals surface area contributed by atoms with Crippen molar-refractivity contribution in [2.24, 2.45) is 5.41 Å². The SMILES string of the molecule is O=C(CCc1ccc(Cl)cc1)N1CCC(C(=O)O)(C(F)(F)F)C1. The van der Waals surface area contributed by atoms with E-state index in [0.717, 1.165) is 10.5 Å². The number of hydrogen-bond donors (Lipinski definition) is 1. The van der Waals surface area contributed by atoms with E-state index in [-0.39, 0.29) is 13.0 Å². The van der Waals surface area contributed by atoms with Gasteiger partial charge in [-0.1, -0.05) is 23.7 Å². The molecule has 1 heterocycles. The van der Waals surface area contributed by atoms with Crippen LogP contribution >= 0.6 is 11.6 Å². The fourth-order valence-electron chi connectivity index (χ4n) is 2.61. The van der Waals surface area contributed by atoms with Gasteiger partial charge in [0.2, 0.25) is 5.91 Å². The van der Waals surface area contributed by atoms with Crippen molar-refractivity contribution < 1.29 is 27.9 Å². The van der Waals surface area contributed by atoms with Crippen LogP contribution in [0, 0.1) is 5.41 Å². The van der Waals surface area contributed by atoms with Gasteiger partial charge in [0.25, 0.3) is 0 Å². The molecule has 0 radical (unpaired) electrons. The monoisotopic (exact) mass is 349 g/mol. The summed E-state index contributed by atoms with van der Waals surface area (Å²) < 4.78 is 39.2. The van der Waals surface area contributed by atoms with Gasteiger partial charge in [0, 0.05) is 24.5 Å². The fraction of sp³-hybridized carbons (Fsp3) is 0.467. The maximum absolute atomic E-state index is 13.1. The van der Waals surface area contributed by atoms with Gasteiger partial charge in [0.1, 0.15) is 0 Å². The minimum absolute atomic E-state index is 0.0230. The number of nitrogens with zero attached hydrogens (tertiary/aromatic N) is 1. The first kappa shape index (κ1) is 17.6. The van der Waals surface area contributed by atoms with Gasteiger partial charge in [-0.2, -0.15) is 13.2 Å². The molecule has 4 nitrogen and oxygen atoms in total. The minimum atomic E-state index is -4.88. The summed E-state index contributed by atoms with van der Waals surface area (Å²) in [6, 6.07) is 6.79. The van der Waals surface area contributed by atoms with Crippen molar-refractivity contribution in [2.45, 2.75) is 25.4 Å². The standard InChI is InChI=1S/C15H15ClF3NO3/c16-11-4-1-10(2-5-11)3-6-12(21)20-8-7-14(9-20,13(22)23)15(17,18)19/h1-2,4-5H,3,6-9H2,(H,22,23). The molecule has 1 unspecified atom stereocenters. The van der Waals surface area contributed by atoms with Crippen LogP contribution < -0.4 is 0 Å². The quantitative estimate of drug-likeness (QED) is 0.908. The van der Waals surface area contributed by atoms with Gasteiger partial charge in [-0.15, -0.1) is 0 Å². The van der Waals surface area contributed by atoms with E-state index in [9.17, 15) is 22.8 Å². The largest absolute Gasteiger partial charge is 0.481 e. The molecule has 1 aromatic carbocycles. The Morgan fingerprint density at radius 1 is 1.26 bits per heavy atom. The lowest BCUT2D eigenvalue weighted by atomic mass is 9.86. The maximum Gasteiger partial charge on any atom is 0.406 e. The number of carbonyl (C=O) groups is 2. The Balaban J connectivity index is 1.99. The van der Waals surface area contributed by atoms with Crippen molar-refractivity contribution in [3.8, 4) is 0 Å². The van der Waals surface area contributed by atoms with E-state index in [1.54, 1.807) is 24.3 Å². The lowest BCUT2D eigenvalue weighted by Gasteiger charge is -2.27.